The molecule has 0 radical (unpaired) electrons. The number of rotatable bonds is 2. The van der Waals surface area contributed by atoms with Crippen molar-refractivity contribution < 1.29 is 4.79 Å². The molecule has 0 heterocycles. The zero-order chi connectivity index (χ0) is 11.5. The van der Waals surface area contributed by atoms with Crippen LogP contribution in [0.25, 0.3) is 0 Å². The lowest BCUT2D eigenvalue weighted by Gasteiger charge is -2.33. The third kappa shape index (κ3) is 1.95. The van der Waals surface area contributed by atoms with E-state index in [1.165, 1.54) is 11.1 Å². The molecule has 2 rings (SSSR count). The highest BCUT2D eigenvalue weighted by Crippen LogP contribution is 2.33. The standard InChI is InChI=1S/C13H18N2O/c1-15(13(16)9-14)12-8-4-6-10-5-2-3-7-11(10)12/h2-3,5,7,12H,4,6,8-9,14H2,1H3. The SMILES string of the molecule is CN(C(=O)CN)C1CCCc2ccccc21. The summed E-state index contributed by atoms with van der Waals surface area (Å²) in [5.74, 6) is 0.0155. The van der Waals surface area contributed by atoms with Gasteiger partial charge in [0.15, 0.2) is 0 Å². The molecule has 1 atom stereocenters. The van der Waals surface area contributed by atoms with Crippen LogP contribution < -0.4 is 5.73 Å². The van der Waals surface area contributed by atoms with E-state index in [0.717, 1.165) is 19.3 Å². The molecule has 0 fully saturated rings. The molecule has 3 nitrogen and oxygen atoms in total. The first-order valence-electron chi connectivity index (χ1n) is 5.77. The summed E-state index contributed by atoms with van der Waals surface area (Å²) in [5, 5.41) is 0. The third-order valence-corrected chi connectivity index (χ3v) is 3.37. The van der Waals surface area contributed by atoms with E-state index in [-0.39, 0.29) is 18.5 Å². The monoisotopic (exact) mass is 218 g/mol. The van der Waals surface area contributed by atoms with E-state index in [1.807, 2.05) is 13.1 Å². The molecular weight excluding hydrogens is 200 g/mol. The molecule has 0 spiro atoms. The van der Waals surface area contributed by atoms with Crippen LogP contribution in [0.5, 0.6) is 0 Å². The van der Waals surface area contributed by atoms with Crippen molar-refractivity contribution in [3.05, 3.63) is 35.4 Å². The highest BCUT2D eigenvalue weighted by atomic mass is 16.2. The molecule has 1 aromatic rings. The van der Waals surface area contributed by atoms with Gasteiger partial charge in [-0.3, -0.25) is 4.79 Å². The number of carbonyl (C=O) groups is 1. The molecule has 0 aliphatic heterocycles. The van der Waals surface area contributed by atoms with Gasteiger partial charge in [-0.25, -0.2) is 0 Å². The van der Waals surface area contributed by atoms with Crippen molar-refractivity contribution in [2.45, 2.75) is 25.3 Å². The number of amides is 1. The Morgan fingerprint density at radius 3 is 3.00 bits per heavy atom. The van der Waals surface area contributed by atoms with Gasteiger partial charge in [-0.1, -0.05) is 24.3 Å². The minimum atomic E-state index is 0.0155. The Hall–Kier alpha value is -1.35. The molecule has 0 saturated carbocycles. The lowest BCUT2D eigenvalue weighted by molar-refractivity contribution is -0.130. The first-order chi connectivity index (χ1) is 7.74. The summed E-state index contributed by atoms with van der Waals surface area (Å²) in [6.07, 6.45) is 3.31. The predicted octanol–water partition coefficient (Wildman–Crippen LogP) is 1.48. The van der Waals surface area contributed by atoms with E-state index in [9.17, 15) is 4.79 Å². The lowest BCUT2D eigenvalue weighted by Crippen LogP contribution is -2.37. The maximum atomic E-state index is 11.6. The smallest absolute Gasteiger partial charge is 0.236 e. The Morgan fingerprint density at radius 2 is 2.25 bits per heavy atom. The van der Waals surface area contributed by atoms with Gasteiger partial charge in [-0.05, 0) is 30.4 Å². The van der Waals surface area contributed by atoms with Crippen LogP contribution in [0.15, 0.2) is 24.3 Å². The number of hydrogen-bond acceptors (Lipinski definition) is 2. The van der Waals surface area contributed by atoms with Gasteiger partial charge in [0.25, 0.3) is 0 Å². The Bertz CT molecular complexity index is 389. The molecule has 1 aliphatic rings. The zero-order valence-corrected chi connectivity index (χ0v) is 9.65. The Kier molecular flexibility index (Phi) is 3.25. The van der Waals surface area contributed by atoms with Crippen molar-refractivity contribution >= 4 is 5.91 Å². The van der Waals surface area contributed by atoms with E-state index in [2.05, 4.69) is 18.2 Å². The first-order valence-corrected chi connectivity index (χ1v) is 5.77. The van der Waals surface area contributed by atoms with E-state index in [1.54, 1.807) is 4.90 Å². The maximum absolute atomic E-state index is 11.6. The number of likely N-dealkylation sites (N-methyl/N-ethyl adjacent to an activating group) is 1. The highest BCUT2D eigenvalue weighted by molar-refractivity contribution is 5.78. The highest BCUT2D eigenvalue weighted by Gasteiger charge is 2.25. The number of aryl methyl sites for hydroxylation is 1. The second kappa shape index (κ2) is 4.66. The minimum Gasteiger partial charge on any atom is -0.338 e. The van der Waals surface area contributed by atoms with Crippen LogP contribution in [0, 0.1) is 0 Å². The number of benzene rings is 1. The molecule has 16 heavy (non-hydrogen) atoms. The van der Waals surface area contributed by atoms with Gasteiger partial charge in [-0.15, -0.1) is 0 Å². The fourth-order valence-corrected chi connectivity index (χ4v) is 2.45. The van der Waals surface area contributed by atoms with E-state index < -0.39 is 0 Å². The average molecular weight is 218 g/mol. The molecular formula is C13H18N2O. The van der Waals surface area contributed by atoms with Gasteiger partial charge < -0.3 is 10.6 Å². The zero-order valence-electron chi connectivity index (χ0n) is 9.65. The Balaban J connectivity index is 2.28. The van der Waals surface area contributed by atoms with Crippen molar-refractivity contribution in [3.63, 3.8) is 0 Å². The van der Waals surface area contributed by atoms with Crippen LogP contribution in [0.1, 0.15) is 30.0 Å². The lowest BCUT2D eigenvalue weighted by atomic mass is 9.87. The summed E-state index contributed by atoms with van der Waals surface area (Å²) in [4.78, 5) is 13.4. The number of fused-ring (bicyclic) bond motifs is 1. The van der Waals surface area contributed by atoms with Crippen molar-refractivity contribution in [1.82, 2.24) is 4.90 Å². The third-order valence-electron chi connectivity index (χ3n) is 3.37. The van der Waals surface area contributed by atoms with Crippen LogP contribution >= 0.6 is 0 Å². The summed E-state index contributed by atoms with van der Waals surface area (Å²) in [7, 11) is 1.85. The Labute approximate surface area is 96.2 Å². The van der Waals surface area contributed by atoms with Crippen molar-refractivity contribution in [1.29, 1.82) is 0 Å². The largest absolute Gasteiger partial charge is 0.338 e. The Morgan fingerprint density at radius 1 is 1.50 bits per heavy atom. The molecule has 1 aliphatic carbocycles. The summed E-state index contributed by atoms with van der Waals surface area (Å²) in [6, 6.07) is 8.59. The summed E-state index contributed by atoms with van der Waals surface area (Å²) in [6.45, 7) is 0.0924. The van der Waals surface area contributed by atoms with Crippen molar-refractivity contribution in [2.24, 2.45) is 5.73 Å². The molecule has 1 amide bonds. The fraction of sp³-hybridized carbons (Fsp3) is 0.462. The van der Waals surface area contributed by atoms with Crippen molar-refractivity contribution in [2.75, 3.05) is 13.6 Å². The van der Waals surface area contributed by atoms with Gasteiger partial charge in [-0.2, -0.15) is 0 Å². The second-order valence-corrected chi connectivity index (χ2v) is 4.32. The first kappa shape index (κ1) is 11.1. The second-order valence-electron chi connectivity index (χ2n) is 4.32. The van der Waals surface area contributed by atoms with Gasteiger partial charge in [0.2, 0.25) is 5.91 Å². The number of nitrogens with zero attached hydrogens (tertiary/aromatic N) is 1. The molecule has 0 aromatic heterocycles. The van der Waals surface area contributed by atoms with E-state index >= 15 is 0 Å². The molecule has 0 saturated heterocycles. The topological polar surface area (TPSA) is 46.3 Å². The van der Waals surface area contributed by atoms with E-state index in [4.69, 9.17) is 5.73 Å². The molecule has 1 aromatic carbocycles. The predicted molar refractivity (Wildman–Crippen MR) is 63.9 cm³/mol. The quantitative estimate of drug-likeness (QED) is 0.817. The van der Waals surface area contributed by atoms with Crippen LogP contribution in [-0.2, 0) is 11.2 Å². The van der Waals surface area contributed by atoms with Crippen LogP contribution in [-0.4, -0.2) is 24.4 Å². The number of carbonyl (C=O) groups excluding carboxylic acids is 1. The molecule has 1 unspecified atom stereocenters. The van der Waals surface area contributed by atoms with Gasteiger partial charge >= 0.3 is 0 Å². The molecule has 3 heteroatoms. The molecule has 2 N–H and O–H groups in total. The summed E-state index contributed by atoms with van der Waals surface area (Å²) >= 11 is 0. The van der Waals surface area contributed by atoms with Gasteiger partial charge in [0, 0.05) is 7.05 Å². The molecule has 0 bridgehead atoms. The van der Waals surface area contributed by atoms with E-state index in [0.29, 0.717) is 0 Å². The summed E-state index contributed by atoms with van der Waals surface area (Å²) in [5.41, 5.74) is 8.07. The van der Waals surface area contributed by atoms with Crippen LogP contribution in [0.4, 0.5) is 0 Å². The normalized spacial score (nSPS) is 19.0. The number of hydrogen-bond donors (Lipinski definition) is 1. The van der Waals surface area contributed by atoms with Crippen LogP contribution in [0.3, 0.4) is 0 Å². The van der Waals surface area contributed by atoms with Gasteiger partial charge in [0.1, 0.15) is 0 Å². The average Bonchev–Trinajstić information content (AvgIpc) is 2.36. The minimum absolute atomic E-state index is 0.0155. The van der Waals surface area contributed by atoms with Crippen LogP contribution in [0.2, 0.25) is 0 Å². The maximum Gasteiger partial charge on any atom is 0.236 e. The fourth-order valence-electron chi connectivity index (χ4n) is 2.45. The molecule has 86 valence electrons. The van der Waals surface area contributed by atoms with Crippen molar-refractivity contribution in [3.8, 4) is 0 Å². The summed E-state index contributed by atoms with van der Waals surface area (Å²) < 4.78 is 0. The van der Waals surface area contributed by atoms with Gasteiger partial charge in [0.05, 0.1) is 12.6 Å². The number of nitrogens with two attached hydrogens (primary N) is 1.